The maximum Gasteiger partial charge on any atom is 0.256 e. The Bertz CT molecular complexity index is 511. The Hall–Kier alpha value is -1.03. The first kappa shape index (κ1) is 13.9. The quantitative estimate of drug-likeness (QED) is 0.834. The summed E-state index contributed by atoms with van der Waals surface area (Å²) in [7, 11) is 0. The molecule has 1 aliphatic heterocycles. The number of nitrogens with two attached hydrogens (primary N) is 1. The number of likely N-dealkylation sites (tertiary alicyclic amines) is 1. The molecule has 0 spiro atoms. The molecule has 2 N–H and O–H groups in total. The third-order valence-corrected chi connectivity index (χ3v) is 5.24. The molecule has 1 heterocycles. The maximum atomic E-state index is 12.8. The summed E-state index contributed by atoms with van der Waals surface area (Å²) in [6.07, 6.45) is 7.50. The molecule has 0 radical (unpaired) electrons. The molecule has 3 rings (SSSR count). The number of amides is 1. The van der Waals surface area contributed by atoms with Crippen LogP contribution in [0.5, 0.6) is 0 Å². The molecule has 2 fully saturated rings. The molecular weight excluding hydrogens is 316 g/mol. The normalized spacial score (nSPS) is 23.4. The van der Waals surface area contributed by atoms with Gasteiger partial charge in [0.25, 0.3) is 5.91 Å². The van der Waals surface area contributed by atoms with Crippen LogP contribution in [0.2, 0.25) is 0 Å². The molecule has 0 aromatic heterocycles. The summed E-state index contributed by atoms with van der Waals surface area (Å²) in [6, 6.07) is 5.98. The van der Waals surface area contributed by atoms with Crippen molar-refractivity contribution in [3.8, 4) is 0 Å². The van der Waals surface area contributed by atoms with E-state index in [0.717, 1.165) is 23.9 Å². The highest BCUT2D eigenvalue weighted by Crippen LogP contribution is 2.36. The van der Waals surface area contributed by atoms with Gasteiger partial charge in [-0.05, 0) is 49.8 Å². The minimum Gasteiger partial charge on any atom is -0.398 e. The van der Waals surface area contributed by atoms with Crippen molar-refractivity contribution in [1.82, 2.24) is 4.90 Å². The predicted octanol–water partition coefficient (Wildman–Crippen LogP) is 3.83. The topological polar surface area (TPSA) is 46.3 Å². The number of carbonyl (C=O) groups excluding carboxylic acids is 1. The van der Waals surface area contributed by atoms with Gasteiger partial charge in [0.1, 0.15) is 0 Å². The largest absolute Gasteiger partial charge is 0.398 e. The van der Waals surface area contributed by atoms with Crippen molar-refractivity contribution in [2.24, 2.45) is 5.92 Å². The summed E-state index contributed by atoms with van der Waals surface area (Å²) in [5.74, 6) is 0.822. The molecule has 1 aromatic rings. The summed E-state index contributed by atoms with van der Waals surface area (Å²) < 4.78 is 0.917. The van der Waals surface area contributed by atoms with Gasteiger partial charge in [0, 0.05) is 22.7 Å². The molecule has 1 atom stereocenters. The summed E-state index contributed by atoms with van der Waals surface area (Å²) in [4.78, 5) is 14.9. The summed E-state index contributed by atoms with van der Waals surface area (Å²) in [5, 5.41) is 0. The van der Waals surface area contributed by atoms with Gasteiger partial charge in [0.05, 0.1) is 5.56 Å². The lowest BCUT2D eigenvalue weighted by atomic mass is 9.95. The van der Waals surface area contributed by atoms with Crippen LogP contribution in [0.1, 0.15) is 48.9 Å². The van der Waals surface area contributed by atoms with E-state index in [4.69, 9.17) is 5.73 Å². The Labute approximate surface area is 128 Å². The third-order valence-electron chi connectivity index (χ3n) is 4.75. The van der Waals surface area contributed by atoms with E-state index in [9.17, 15) is 4.79 Å². The molecule has 1 aromatic carbocycles. The number of carbonyl (C=O) groups is 1. The standard InChI is InChI=1S/C16H21BrN2O/c17-12-7-8-13(14(18)10-12)16(20)19-9-3-6-15(19)11-4-1-2-5-11/h7-8,10-11,15H,1-6,9,18H2. The maximum absolute atomic E-state index is 12.8. The molecule has 1 saturated carbocycles. The van der Waals surface area contributed by atoms with E-state index in [2.05, 4.69) is 20.8 Å². The number of nitrogen functional groups attached to an aromatic ring is 1. The van der Waals surface area contributed by atoms with E-state index >= 15 is 0 Å². The van der Waals surface area contributed by atoms with E-state index < -0.39 is 0 Å². The number of hydrogen-bond donors (Lipinski definition) is 1. The first-order valence-electron chi connectivity index (χ1n) is 7.53. The van der Waals surface area contributed by atoms with Crippen LogP contribution in [0.4, 0.5) is 5.69 Å². The Kier molecular flexibility index (Phi) is 4.01. The lowest BCUT2D eigenvalue weighted by molar-refractivity contribution is 0.0690. The van der Waals surface area contributed by atoms with E-state index in [1.165, 1.54) is 25.7 Å². The van der Waals surface area contributed by atoms with Crippen molar-refractivity contribution in [3.05, 3.63) is 28.2 Å². The second kappa shape index (κ2) is 5.76. The fourth-order valence-electron chi connectivity index (χ4n) is 3.76. The highest BCUT2D eigenvalue weighted by atomic mass is 79.9. The zero-order valence-electron chi connectivity index (χ0n) is 11.6. The van der Waals surface area contributed by atoms with Gasteiger partial charge in [-0.15, -0.1) is 0 Å². The zero-order chi connectivity index (χ0) is 14.1. The number of halogens is 1. The van der Waals surface area contributed by atoms with Crippen LogP contribution < -0.4 is 5.73 Å². The monoisotopic (exact) mass is 336 g/mol. The SMILES string of the molecule is Nc1cc(Br)ccc1C(=O)N1CCCC1C1CCCC1. The first-order valence-corrected chi connectivity index (χ1v) is 8.32. The Morgan fingerprint density at radius 1 is 1.20 bits per heavy atom. The fraction of sp³-hybridized carbons (Fsp3) is 0.562. The van der Waals surface area contributed by atoms with Crippen molar-refractivity contribution in [2.45, 2.75) is 44.6 Å². The van der Waals surface area contributed by atoms with Crippen LogP contribution in [0.3, 0.4) is 0 Å². The van der Waals surface area contributed by atoms with Gasteiger partial charge in [0.15, 0.2) is 0 Å². The van der Waals surface area contributed by atoms with E-state index in [1.54, 1.807) is 0 Å². The highest BCUT2D eigenvalue weighted by molar-refractivity contribution is 9.10. The van der Waals surface area contributed by atoms with E-state index in [0.29, 0.717) is 23.2 Å². The smallest absolute Gasteiger partial charge is 0.256 e. The number of nitrogens with zero attached hydrogens (tertiary/aromatic N) is 1. The van der Waals surface area contributed by atoms with Crippen LogP contribution in [-0.2, 0) is 0 Å². The van der Waals surface area contributed by atoms with Gasteiger partial charge in [-0.3, -0.25) is 4.79 Å². The molecule has 4 heteroatoms. The van der Waals surface area contributed by atoms with E-state index in [1.807, 2.05) is 18.2 Å². The zero-order valence-corrected chi connectivity index (χ0v) is 13.2. The van der Waals surface area contributed by atoms with Crippen LogP contribution in [0.15, 0.2) is 22.7 Å². The van der Waals surface area contributed by atoms with Crippen molar-refractivity contribution in [2.75, 3.05) is 12.3 Å². The Morgan fingerprint density at radius 2 is 1.95 bits per heavy atom. The van der Waals surface area contributed by atoms with Crippen LogP contribution in [-0.4, -0.2) is 23.4 Å². The van der Waals surface area contributed by atoms with Crippen LogP contribution in [0.25, 0.3) is 0 Å². The lowest BCUT2D eigenvalue weighted by Crippen LogP contribution is -2.39. The molecule has 1 saturated heterocycles. The Balaban J connectivity index is 1.81. The second-order valence-electron chi connectivity index (χ2n) is 5.98. The number of hydrogen-bond acceptors (Lipinski definition) is 2. The molecule has 1 aliphatic carbocycles. The Morgan fingerprint density at radius 3 is 2.65 bits per heavy atom. The van der Waals surface area contributed by atoms with Gasteiger partial charge in [-0.1, -0.05) is 28.8 Å². The fourth-order valence-corrected chi connectivity index (χ4v) is 4.14. The molecule has 3 nitrogen and oxygen atoms in total. The molecule has 1 unspecified atom stereocenters. The van der Waals surface area contributed by atoms with Gasteiger partial charge < -0.3 is 10.6 Å². The third kappa shape index (κ3) is 2.58. The number of anilines is 1. The average molecular weight is 337 g/mol. The predicted molar refractivity (Wildman–Crippen MR) is 84.6 cm³/mol. The number of benzene rings is 1. The van der Waals surface area contributed by atoms with Crippen molar-refractivity contribution < 1.29 is 4.79 Å². The molecule has 2 aliphatic rings. The summed E-state index contributed by atoms with van der Waals surface area (Å²) in [6.45, 7) is 0.884. The minimum absolute atomic E-state index is 0.115. The van der Waals surface area contributed by atoms with Crippen molar-refractivity contribution >= 4 is 27.5 Å². The van der Waals surface area contributed by atoms with Crippen LogP contribution >= 0.6 is 15.9 Å². The van der Waals surface area contributed by atoms with Crippen LogP contribution in [0, 0.1) is 5.92 Å². The van der Waals surface area contributed by atoms with Gasteiger partial charge in [-0.25, -0.2) is 0 Å². The highest BCUT2D eigenvalue weighted by Gasteiger charge is 2.36. The van der Waals surface area contributed by atoms with Gasteiger partial charge >= 0.3 is 0 Å². The molecular formula is C16H21BrN2O. The van der Waals surface area contributed by atoms with Crippen molar-refractivity contribution in [1.29, 1.82) is 0 Å². The molecule has 108 valence electrons. The van der Waals surface area contributed by atoms with Crippen molar-refractivity contribution in [3.63, 3.8) is 0 Å². The first-order chi connectivity index (χ1) is 9.66. The molecule has 20 heavy (non-hydrogen) atoms. The molecule has 1 amide bonds. The molecule has 0 bridgehead atoms. The minimum atomic E-state index is 0.115. The van der Waals surface area contributed by atoms with Gasteiger partial charge in [-0.2, -0.15) is 0 Å². The summed E-state index contributed by atoms with van der Waals surface area (Å²) in [5.41, 5.74) is 7.23. The lowest BCUT2D eigenvalue weighted by Gasteiger charge is -2.30. The average Bonchev–Trinajstić information content (AvgIpc) is 3.09. The van der Waals surface area contributed by atoms with E-state index in [-0.39, 0.29) is 5.91 Å². The van der Waals surface area contributed by atoms with Gasteiger partial charge in [0.2, 0.25) is 0 Å². The number of rotatable bonds is 2. The summed E-state index contributed by atoms with van der Waals surface area (Å²) >= 11 is 3.39. The second-order valence-corrected chi connectivity index (χ2v) is 6.90.